The summed E-state index contributed by atoms with van der Waals surface area (Å²) in [5.74, 6) is 5.99. The summed E-state index contributed by atoms with van der Waals surface area (Å²) < 4.78 is 40.1. The third-order valence-corrected chi connectivity index (χ3v) is 3.76. The molecule has 0 saturated heterocycles. The summed E-state index contributed by atoms with van der Waals surface area (Å²) in [7, 11) is 0. The van der Waals surface area contributed by atoms with Gasteiger partial charge < -0.3 is 4.74 Å². The monoisotopic (exact) mass is 288 g/mol. The zero-order valence-electron chi connectivity index (χ0n) is 11.1. The fourth-order valence-electron chi connectivity index (χ4n) is 2.78. The average Bonchev–Trinajstić information content (AvgIpc) is 2.88. The van der Waals surface area contributed by atoms with Crippen LogP contribution in [0.25, 0.3) is 0 Å². The van der Waals surface area contributed by atoms with Gasteiger partial charge in [-0.25, -0.2) is 0 Å². The van der Waals surface area contributed by atoms with Crippen molar-refractivity contribution < 1.29 is 17.9 Å². The average molecular weight is 288 g/mol. The molecule has 1 aromatic carbocycles. The lowest BCUT2D eigenvalue weighted by molar-refractivity contribution is -0.274. The van der Waals surface area contributed by atoms with Crippen molar-refractivity contribution in [1.29, 1.82) is 0 Å². The predicted molar refractivity (Wildman–Crippen MR) is 69.8 cm³/mol. The Balaban J connectivity index is 1.99. The van der Waals surface area contributed by atoms with Crippen molar-refractivity contribution in [2.75, 3.05) is 0 Å². The van der Waals surface area contributed by atoms with E-state index in [0.29, 0.717) is 5.92 Å². The van der Waals surface area contributed by atoms with E-state index in [9.17, 15) is 13.2 Å². The lowest BCUT2D eigenvalue weighted by Gasteiger charge is -2.20. The molecule has 0 aromatic heterocycles. The molecule has 3 nitrogen and oxygen atoms in total. The Kier molecular flexibility index (Phi) is 4.88. The van der Waals surface area contributed by atoms with Gasteiger partial charge in [-0.15, -0.1) is 13.2 Å². The first-order valence-electron chi connectivity index (χ1n) is 6.80. The number of alkyl halides is 3. The third kappa shape index (κ3) is 4.38. The molecule has 1 fully saturated rings. The second-order valence-corrected chi connectivity index (χ2v) is 5.22. The van der Waals surface area contributed by atoms with Crippen molar-refractivity contribution >= 4 is 0 Å². The van der Waals surface area contributed by atoms with E-state index in [2.05, 4.69) is 10.2 Å². The molecule has 0 heterocycles. The maximum absolute atomic E-state index is 12.1. The molecule has 1 atom stereocenters. The highest BCUT2D eigenvalue weighted by Gasteiger charge is 2.31. The Hall–Kier alpha value is -1.27. The van der Waals surface area contributed by atoms with E-state index in [4.69, 9.17) is 5.84 Å². The highest BCUT2D eigenvalue weighted by molar-refractivity contribution is 5.29. The van der Waals surface area contributed by atoms with Crippen molar-refractivity contribution in [3.8, 4) is 5.75 Å². The van der Waals surface area contributed by atoms with Crippen LogP contribution in [0.1, 0.15) is 43.7 Å². The standard InChI is InChI=1S/C14H19F3N2O/c15-14(16,17)20-12-7-5-11(6-8-12)13(19-18)9-10-3-1-2-4-10/h5-8,10,13,19H,1-4,9,18H2. The van der Waals surface area contributed by atoms with Gasteiger partial charge in [0.1, 0.15) is 5.75 Å². The minimum atomic E-state index is -4.66. The number of ether oxygens (including phenoxy) is 1. The fourth-order valence-corrected chi connectivity index (χ4v) is 2.78. The lowest BCUT2D eigenvalue weighted by atomic mass is 9.94. The molecule has 0 spiro atoms. The molecule has 0 amide bonds. The van der Waals surface area contributed by atoms with Gasteiger partial charge in [0, 0.05) is 6.04 Å². The highest BCUT2D eigenvalue weighted by atomic mass is 19.4. The molecular formula is C14H19F3N2O. The molecular weight excluding hydrogens is 269 g/mol. The van der Waals surface area contributed by atoms with Crippen molar-refractivity contribution in [2.45, 2.75) is 44.5 Å². The summed E-state index contributed by atoms with van der Waals surface area (Å²) in [6.45, 7) is 0. The largest absolute Gasteiger partial charge is 0.573 e. The van der Waals surface area contributed by atoms with Crippen molar-refractivity contribution in [3.63, 3.8) is 0 Å². The van der Waals surface area contributed by atoms with Gasteiger partial charge in [-0.3, -0.25) is 11.3 Å². The number of hydrazine groups is 1. The number of rotatable bonds is 5. The summed E-state index contributed by atoms with van der Waals surface area (Å²) in [4.78, 5) is 0. The van der Waals surface area contributed by atoms with Crippen molar-refractivity contribution in [1.82, 2.24) is 5.43 Å². The van der Waals surface area contributed by atoms with Gasteiger partial charge >= 0.3 is 6.36 Å². The molecule has 0 aliphatic heterocycles. The Labute approximate surface area is 116 Å². The first-order valence-corrected chi connectivity index (χ1v) is 6.80. The zero-order valence-corrected chi connectivity index (χ0v) is 11.1. The van der Waals surface area contributed by atoms with Crippen LogP contribution in [0.2, 0.25) is 0 Å². The molecule has 2 rings (SSSR count). The van der Waals surface area contributed by atoms with Gasteiger partial charge in [-0.2, -0.15) is 0 Å². The number of benzene rings is 1. The van der Waals surface area contributed by atoms with Crippen LogP contribution in [-0.2, 0) is 0 Å². The number of nitrogens with one attached hydrogen (secondary N) is 1. The van der Waals surface area contributed by atoms with Crippen LogP contribution < -0.4 is 16.0 Å². The molecule has 112 valence electrons. The SMILES string of the molecule is NNC(CC1CCCC1)c1ccc(OC(F)(F)F)cc1. The van der Waals surface area contributed by atoms with Gasteiger partial charge in [0.15, 0.2) is 0 Å². The van der Waals surface area contributed by atoms with Gasteiger partial charge in [0.25, 0.3) is 0 Å². The second kappa shape index (κ2) is 6.45. The fraction of sp³-hybridized carbons (Fsp3) is 0.571. The van der Waals surface area contributed by atoms with Crippen LogP contribution in [0.5, 0.6) is 5.75 Å². The topological polar surface area (TPSA) is 47.3 Å². The molecule has 1 unspecified atom stereocenters. The molecule has 1 saturated carbocycles. The first-order chi connectivity index (χ1) is 9.48. The summed E-state index contributed by atoms with van der Waals surface area (Å²) >= 11 is 0. The van der Waals surface area contributed by atoms with E-state index in [1.54, 1.807) is 12.1 Å². The number of hydrogen-bond donors (Lipinski definition) is 2. The van der Waals surface area contributed by atoms with Crippen LogP contribution in [0.15, 0.2) is 24.3 Å². The molecule has 1 aliphatic carbocycles. The Morgan fingerprint density at radius 3 is 2.30 bits per heavy atom. The molecule has 3 N–H and O–H groups in total. The molecule has 0 bridgehead atoms. The van der Waals surface area contributed by atoms with Crippen LogP contribution in [0.4, 0.5) is 13.2 Å². The minimum Gasteiger partial charge on any atom is -0.406 e. The van der Waals surface area contributed by atoms with Crippen LogP contribution >= 0.6 is 0 Å². The predicted octanol–water partition coefficient (Wildman–Crippen LogP) is 3.67. The smallest absolute Gasteiger partial charge is 0.406 e. The van der Waals surface area contributed by atoms with Crippen LogP contribution in [0.3, 0.4) is 0 Å². The molecule has 20 heavy (non-hydrogen) atoms. The van der Waals surface area contributed by atoms with Crippen molar-refractivity contribution in [3.05, 3.63) is 29.8 Å². The van der Waals surface area contributed by atoms with E-state index in [-0.39, 0.29) is 11.8 Å². The van der Waals surface area contributed by atoms with Crippen molar-refractivity contribution in [2.24, 2.45) is 11.8 Å². The van der Waals surface area contributed by atoms with E-state index < -0.39 is 6.36 Å². The zero-order chi connectivity index (χ0) is 14.6. The highest BCUT2D eigenvalue weighted by Crippen LogP contribution is 2.33. The molecule has 6 heteroatoms. The van der Waals surface area contributed by atoms with E-state index in [1.807, 2.05) is 0 Å². The van der Waals surface area contributed by atoms with Gasteiger partial charge in [-0.05, 0) is 30.0 Å². The lowest BCUT2D eigenvalue weighted by Crippen LogP contribution is -2.29. The van der Waals surface area contributed by atoms with Crippen LogP contribution in [0, 0.1) is 5.92 Å². The van der Waals surface area contributed by atoms with E-state index in [0.717, 1.165) is 12.0 Å². The number of halogens is 3. The summed E-state index contributed by atoms with van der Waals surface area (Å²) in [5.41, 5.74) is 3.63. The Morgan fingerprint density at radius 1 is 1.20 bits per heavy atom. The summed E-state index contributed by atoms with van der Waals surface area (Å²) in [5, 5.41) is 0. The number of hydrogen-bond acceptors (Lipinski definition) is 3. The molecule has 1 aliphatic rings. The van der Waals surface area contributed by atoms with Gasteiger partial charge in [0.05, 0.1) is 0 Å². The molecule has 1 aromatic rings. The van der Waals surface area contributed by atoms with Crippen LogP contribution in [-0.4, -0.2) is 6.36 Å². The second-order valence-electron chi connectivity index (χ2n) is 5.22. The first kappa shape index (κ1) is 15.1. The van der Waals surface area contributed by atoms with Gasteiger partial charge in [0.2, 0.25) is 0 Å². The van der Waals surface area contributed by atoms with Gasteiger partial charge in [-0.1, -0.05) is 37.8 Å². The maximum atomic E-state index is 12.1. The van der Waals surface area contributed by atoms with E-state index in [1.165, 1.54) is 37.8 Å². The molecule has 0 radical (unpaired) electrons. The quantitative estimate of drug-likeness (QED) is 0.642. The Morgan fingerprint density at radius 2 is 1.80 bits per heavy atom. The third-order valence-electron chi connectivity index (χ3n) is 3.76. The Bertz CT molecular complexity index is 413. The maximum Gasteiger partial charge on any atom is 0.573 e. The summed E-state index contributed by atoms with van der Waals surface area (Å²) in [6.07, 6.45) is 1.16. The summed E-state index contributed by atoms with van der Waals surface area (Å²) in [6, 6.07) is 5.86. The number of nitrogens with two attached hydrogens (primary N) is 1. The van der Waals surface area contributed by atoms with E-state index >= 15 is 0 Å². The minimum absolute atomic E-state index is 0.0296. The normalized spacial score (nSPS) is 18.2.